The first-order valence-corrected chi connectivity index (χ1v) is 9.95. The molecule has 152 valence electrons. The van der Waals surface area contributed by atoms with E-state index in [9.17, 15) is 19.8 Å². The van der Waals surface area contributed by atoms with Crippen molar-refractivity contribution in [1.29, 1.82) is 0 Å². The second kappa shape index (κ2) is 11.6. The van der Waals surface area contributed by atoms with Gasteiger partial charge in [-0.1, -0.05) is 54.6 Å². The molecular formula is C23H30O5. The highest BCUT2D eigenvalue weighted by Gasteiger charge is 2.39. The van der Waals surface area contributed by atoms with Gasteiger partial charge in [-0.05, 0) is 37.7 Å². The van der Waals surface area contributed by atoms with E-state index in [-0.39, 0.29) is 30.5 Å². The van der Waals surface area contributed by atoms with Gasteiger partial charge in [0.15, 0.2) is 0 Å². The fourth-order valence-corrected chi connectivity index (χ4v) is 3.57. The van der Waals surface area contributed by atoms with E-state index in [1.807, 2.05) is 42.5 Å². The largest absolute Gasteiger partial charge is 0.481 e. The first-order chi connectivity index (χ1) is 13.5. The topological polar surface area (TPSA) is 94.8 Å². The van der Waals surface area contributed by atoms with E-state index in [1.54, 1.807) is 12.2 Å². The van der Waals surface area contributed by atoms with Crippen LogP contribution in [0.1, 0.15) is 44.1 Å². The van der Waals surface area contributed by atoms with E-state index >= 15 is 0 Å². The number of aliphatic hydroxyl groups excluding tert-OH is 2. The number of Topliss-reactive ketones (excluding diaryl/α,β-unsaturated/α-hetero) is 1. The number of aliphatic hydroxyl groups is 2. The molecule has 5 nitrogen and oxygen atoms in total. The van der Waals surface area contributed by atoms with E-state index in [1.165, 1.54) is 0 Å². The zero-order valence-electron chi connectivity index (χ0n) is 16.1. The molecule has 3 N–H and O–H groups in total. The summed E-state index contributed by atoms with van der Waals surface area (Å²) in [4.78, 5) is 22.7. The second-order valence-corrected chi connectivity index (χ2v) is 7.39. The Morgan fingerprint density at radius 1 is 1.21 bits per heavy atom. The Kier molecular flexibility index (Phi) is 9.11. The number of carboxylic acid groups (broad SMARTS) is 1. The van der Waals surface area contributed by atoms with Crippen molar-refractivity contribution in [3.8, 4) is 0 Å². The van der Waals surface area contributed by atoms with E-state index < -0.39 is 18.2 Å². The number of unbranched alkanes of at least 4 members (excludes halogenated alkanes) is 1. The molecule has 0 unspecified atom stereocenters. The number of allylic oxidation sites excluding steroid dienone is 2. The number of carboxylic acids is 1. The number of carbonyl (C=O) groups is 2. The lowest BCUT2D eigenvalue weighted by molar-refractivity contribution is -0.137. The van der Waals surface area contributed by atoms with Gasteiger partial charge in [-0.25, -0.2) is 0 Å². The van der Waals surface area contributed by atoms with Crippen molar-refractivity contribution in [2.75, 3.05) is 0 Å². The molecule has 1 saturated carbocycles. The third-order valence-corrected chi connectivity index (χ3v) is 5.18. The third-order valence-electron chi connectivity index (χ3n) is 5.18. The minimum atomic E-state index is -0.807. The Labute approximate surface area is 166 Å². The van der Waals surface area contributed by atoms with Gasteiger partial charge in [0.25, 0.3) is 0 Å². The Bertz CT molecular complexity index is 679. The van der Waals surface area contributed by atoms with E-state index in [0.717, 1.165) is 12.0 Å². The summed E-state index contributed by atoms with van der Waals surface area (Å²) >= 11 is 0. The fourth-order valence-electron chi connectivity index (χ4n) is 3.57. The van der Waals surface area contributed by atoms with Gasteiger partial charge in [0.2, 0.25) is 0 Å². The number of ketones is 1. The van der Waals surface area contributed by atoms with Crippen LogP contribution in [0.2, 0.25) is 0 Å². The molecule has 1 fully saturated rings. The van der Waals surface area contributed by atoms with Crippen molar-refractivity contribution in [3.05, 3.63) is 60.2 Å². The summed E-state index contributed by atoms with van der Waals surface area (Å²) in [6.45, 7) is 0. The average molecular weight is 386 g/mol. The van der Waals surface area contributed by atoms with Crippen LogP contribution in [-0.4, -0.2) is 39.3 Å². The van der Waals surface area contributed by atoms with Gasteiger partial charge in [0, 0.05) is 24.7 Å². The molecule has 0 saturated heterocycles. The molecule has 0 aromatic heterocycles. The second-order valence-electron chi connectivity index (χ2n) is 7.39. The van der Waals surface area contributed by atoms with Gasteiger partial charge in [-0.15, -0.1) is 0 Å². The van der Waals surface area contributed by atoms with Crippen molar-refractivity contribution in [3.63, 3.8) is 0 Å². The lowest BCUT2D eigenvalue weighted by atomic mass is 9.90. The molecule has 0 spiro atoms. The summed E-state index contributed by atoms with van der Waals surface area (Å²) in [5, 5.41) is 29.0. The van der Waals surface area contributed by atoms with Crippen LogP contribution in [-0.2, 0) is 16.0 Å². The zero-order chi connectivity index (χ0) is 20.4. The van der Waals surface area contributed by atoms with E-state index in [4.69, 9.17) is 5.11 Å². The van der Waals surface area contributed by atoms with Crippen LogP contribution in [0.15, 0.2) is 54.6 Å². The SMILES string of the molecule is O=C(O)CCC/C=C\C[C@H]1C(=O)C[C@@H](O)[C@@H]1/C=C/[C@@H](O)CCc1ccccc1. The first kappa shape index (κ1) is 22.1. The molecule has 28 heavy (non-hydrogen) atoms. The highest BCUT2D eigenvalue weighted by molar-refractivity contribution is 5.84. The van der Waals surface area contributed by atoms with Crippen LogP contribution in [0.5, 0.6) is 0 Å². The van der Waals surface area contributed by atoms with E-state index in [0.29, 0.717) is 25.7 Å². The number of aryl methyl sites for hydroxylation is 1. The molecule has 0 aliphatic heterocycles. The molecule has 1 aliphatic rings. The number of hydrogen-bond donors (Lipinski definition) is 3. The van der Waals surface area contributed by atoms with Crippen LogP contribution in [0.25, 0.3) is 0 Å². The fraction of sp³-hybridized carbons (Fsp3) is 0.478. The molecule has 4 atom stereocenters. The standard InChI is InChI=1S/C23H30O5/c24-18(13-12-17-8-4-3-5-9-17)14-15-20-19(21(25)16-22(20)26)10-6-1-2-7-11-23(27)28/h1,3-6,8-9,14-15,18-20,22,24,26H,2,7,10-13,16H2,(H,27,28)/b6-1-,15-14+/t18-,19+,20+,22+/m0/s1. The molecule has 0 heterocycles. The minimum Gasteiger partial charge on any atom is -0.481 e. The minimum absolute atomic E-state index is 0.0381. The van der Waals surface area contributed by atoms with Gasteiger partial charge in [-0.3, -0.25) is 9.59 Å². The number of carbonyl (C=O) groups excluding carboxylic acids is 1. The summed E-state index contributed by atoms with van der Waals surface area (Å²) in [6, 6.07) is 9.94. The molecule has 5 heteroatoms. The van der Waals surface area contributed by atoms with Crippen molar-refractivity contribution in [2.24, 2.45) is 11.8 Å². The summed E-state index contributed by atoms with van der Waals surface area (Å²) in [6.07, 6.45) is 9.34. The van der Waals surface area contributed by atoms with E-state index in [2.05, 4.69) is 0 Å². The highest BCUT2D eigenvalue weighted by Crippen LogP contribution is 2.33. The highest BCUT2D eigenvalue weighted by atomic mass is 16.4. The summed E-state index contributed by atoms with van der Waals surface area (Å²) < 4.78 is 0. The molecule has 1 aliphatic carbocycles. The zero-order valence-corrected chi connectivity index (χ0v) is 16.1. The normalized spacial score (nSPS) is 23.6. The maximum absolute atomic E-state index is 12.2. The van der Waals surface area contributed by atoms with Gasteiger partial charge in [0.1, 0.15) is 5.78 Å². The maximum atomic E-state index is 12.2. The molecule has 0 bridgehead atoms. The van der Waals surface area contributed by atoms with Crippen molar-refractivity contribution in [2.45, 2.75) is 57.2 Å². The monoisotopic (exact) mass is 386 g/mol. The first-order valence-electron chi connectivity index (χ1n) is 9.95. The number of benzene rings is 1. The van der Waals surface area contributed by atoms with Crippen molar-refractivity contribution >= 4 is 11.8 Å². The van der Waals surface area contributed by atoms with Gasteiger partial charge in [-0.2, -0.15) is 0 Å². The Hall–Kier alpha value is -2.24. The lowest BCUT2D eigenvalue weighted by Gasteiger charge is -2.16. The lowest BCUT2D eigenvalue weighted by Crippen LogP contribution is -2.19. The molecular weight excluding hydrogens is 356 g/mol. The number of rotatable bonds is 11. The molecule has 1 aromatic carbocycles. The molecule has 0 radical (unpaired) electrons. The maximum Gasteiger partial charge on any atom is 0.303 e. The number of hydrogen-bond acceptors (Lipinski definition) is 4. The van der Waals surface area contributed by atoms with Crippen LogP contribution in [0.4, 0.5) is 0 Å². The predicted molar refractivity (Wildman–Crippen MR) is 108 cm³/mol. The smallest absolute Gasteiger partial charge is 0.303 e. The average Bonchev–Trinajstić information content (AvgIpc) is 2.94. The summed E-state index contributed by atoms with van der Waals surface area (Å²) in [7, 11) is 0. The predicted octanol–water partition coefficient (Wildman–Crippen LogP) is 3.30. The Morgan fingerprint density at radius 2 is 1.96 bits per heavy atom. The summed E-state index contributed by atoms with van der Waals surface area (Å²) in [5.74, 6) is -1.35. The molecule has 2 rings (SSSR count). The number of aliphatic carboxylic acids is 1. The third kappa shape index (κ3) is 7.41. The van der Waals surface area contributed by atoms with Crippen LogP contribution in [0, 0.1) is 11.8 Å². The van der Waals surface area contributed by atoms with Gasteiger partial charge < -0.3 is 15.3 Å². The Balaban J connectivity index is 1.82. The molecule has 1 aromatic rings. The van der Waals surface area contributed by atoms with Crippen LogP contribution in [0.3, 0.4) is 0 Å². The van der Waals surface area contributed by atoms with Gasteiger partial charge >= 0.3 is 5.97 Å². The van der Waals surface area contributed by atoms with Crippen LogP contribution < -0.4 is 0 Å². The Morgan fingerprint density at radius 3 is 2.68 bits per heavy atom. The van der Waals surface area contributed by atoms with Crippen molar-refractivity contribution < 1.29 is 24.9 Å². The van der Waals surface area contributed by atoms with Crippen LogP contribution >= 0.6 is 0 Å². The molecule has 0 amide bonds. The summed E-state index contributed by atoms with van der Waals surface area (Å²) in [5.41, 5.74) is 1.16. The van der Waals surface area contributed by atoms with Gasteiger partial charge in [0.05, 0.1) is 12.2 Å². The quantitative estimate of drug-likeness (QED) is 0.401. The van der Waals surface area contributed by atoms with Crippen molar-refractivity contribution in [1.82, 2.24) is 0 Å².